The Labute approximate surface area is 240 Å². The van der Waals surface area contributed by atoms with E-state index in [0.29, 0.717) is 13.1 Å². The van der Waals surface area contributed by atoms with E-state index in [1.807, 2.05) is 73.7 Å². The van der Waals surface area contributed by atoms with E-state index in [1.54, 1.807) is 23.5 Å². The van der Waals surface area contributed by atoms with Crippen LogP contribution in [0.5, 0.6) is 0 Å². The number of rotatable bonds is 7. The van der Waals surface area contributed by atoms with Crippen molar-refractivity contribution in [1.82, 2.24) is 19.4 Å². The van der Waals surface area contributed by atoms with Crippen molar-refractivity contribution in [2.75, 3.05) is 13.1 Å². The summed E-state index contributed by atoms with van der Waals surface area (Å²) in [5, 5.41) is 0.730. The Morgan fingerprint density at radius 1 is 1.12 bits per heavy atom. The molecular weight excluding hydrogens is 553 g/mol. The van der Waals surface area contributed by atoms with Crippen LogP contribution in [0.15, 0.2) is 53.6 Å². The average molecular weight is 587 g/mol. The maximum atomic E-state index is 13.2. The van der Waals surface area contributed by atoms with Crippen LogP contribution in [0.1, 0.15) is 62.2 Å². The van der Waals surface area contributed by atoms with Crippen LogP contribution in [0.3, 0.4) is 0 Å². The second-order valence-corrected chi connectivity index (χ2v) is 13.2. The summed E-state index contributed by atoms with van der Waals surface area (Å²) in [6.07, 6.45) is 4.32. The first-order valence-electron chi connectivity index (χ1n) is 13.5. The largest absolute Gasteiger partial charge is 0.446 e. The Kier molecular flexibility index (Phi) is 8.03. The van der Waals surface area contributed by atoms with Crippen molar-refractivity contribution < 1.29 is 18.0 Å². The monoisotopic (exact) mass is 586 g/mol. The zero-order chi connectivity index (χ0) is 28.7. The summed E-state index contributed by atoms with van der Waals surface area (Å²) in [6.45, 7) is 9.65. The molecule has 5 rings (SSSR count). The van der Waals surface area contributed by atoms with Gasteiger partial charge in [-0.2, -0.15) is 13.2 Å². The molecule has 40 heavy (non-hydrogen) atoms. The normalized spacial score (nSPS) is 15.2. The number of aryl methyl sites for hydroxylation is 1. The standard InChI is InChI=1S/C30H33F3N4OS2/c1-5-29(3,4)22-14-21(15-23(16-22)40-30(31,32)33)28-34-17-26(39-28)20-10-12-36(13-11-20)27(38)18-37-19(2)35-24-8-6-7-9-25(24)37/h6-9,14-17,20H,5,10-13,18H2,1-4H3. The average Bonchev–Trinajstić information content (AvgIpc) is 3.53. The summed E-state index contributed by atoms with van der Waals surface area (Å²) in [6, 6.07) is 13.1. The zero-order valence-electron chi connectivity index (χ0n) is 23.1. The molecule has 0 spiro atoms. The summed E-state index contributed by atoms with van der Waals surface area (Å²) >= 11 is 1.47. The van der Waals surface area contributed by atoms with Crippen LogP contribution >= 0.6 is 23.1 Å². The molecule has 1 saturated heterocycles. The number of fused-ring (bicyclic) bond motifs is 1. The Morgan fingerprint density at radius 2 is 1.85 bits per heavy atom. The SMILES string of the molecule is CCC(C)(C)c1cc(SC(F)(F)F)cc(-c2ncc(C3CCN(C(=O)Cn4c(C)nc5ccccc54)CC3)s2)c1. The summed E-state index contributed by atoms with van der Waals surface area (Å²) < 4.78 is 41.7. The Hall–Kier alpha value is -2.85. The van der Waals surface area contributed by atoms with Gasteiger partial charge < -0.3 is 9.47 Å². The van der Waals surface area contributed by atoms with Crippen molar-refractivity contribution in [3.05, 3.63) is 64.9 Å². The minimum atomic E-state index is -4.35. The third-order valence-corrected chi connectivity index (χ3v) is 9.88. The van der Waals surface area contributed by atoms with E-state index in [0.717, 1.165) is 57.1 Å². The molecule has 1 aliphatic rings. The molecule has 4 aromatic rings. The maximum Gasteiger partial charge on any atom is 0.446 e. The number of nitrogens with zero attached hydrogens (tertiary/aromatic N) is 4. The summed E-state index contributed by atoms with van der Waals surface area (Å²) in [7, 11) is 0. The lowest BCUT2D eigenvalue weighted by molar-refractivity contribution is -0.132. The molecule has 0 saturated carbocycles. The number of thiazole rings is 1. The van der Waals surface area contributed by atoms with E-state index < -0.39 is 5.51 Å². The van der Waals surface area contributed by atoms with Crippen LogP contribution in [0.4, 0.5) is 13.2 Å². The first kappa shape index (κ1) is 28.7. The first-order valence-corrected chi connectivity index (χ1v) is 15.1. The molecule has 0 radical (unpaired) electrons. The summed E-state index contributed by atoms with van der Waals surface area (Å²) in [5.41, 5.74) is -1.15. The molecule has 0 bridgehead atoms. The number of thioether (sulfide) groups is 1. The second-order valence-electron chi connectivity index (χ2n) is 11.0. The lowest BCUT2D eigenvalue weighted by atomic mass is 9.82. The van der Waals surface area contributed by atoms with E-state index in [2.05, 4.69) is 9.97 Å². The molecule has 212 valence electrons. The fourth-order valence-electron chi connectivity index (χ4n) is 5.16. The number of carbonyl (C=O) groups excluding carboxylic acids is 1. The molecule has 0 atom stereocenters. The topological polar surface area (TPSA) is 51.0 Å². The smallest absolute Gasteiger partial charge is 0.341 e. The van der Waals surface area contributed by atoms with Crippen molar-refractivity contribution in [2.24, 2.45) is 0 Å². The number of hydrogen-bond donors (Lipinski definition) is 0. The number of imidazole rings is 1. The third kappa shape index (κ3) is 6.22. The zero-order valence-corrected chi connectivity index (χ0v) is 24.7. The molecule has 1 aliphatic heterocycles. The van der Waals surface area contributed by atoms with Crippen molar-refractivity contribution in [3.63, 3.8) is 0 Å². The number of carbonyl (C=O) groups is 1. The number of halogens is 3. The Bertz CT molecular complexity index is 1520. The van der Waals surface area contributed by atoms with Crippen LogP contribution in [0.25, 0.3) is 21.6 Å². The van der Waals surface area contributed by atoms with Crippen LogP contribution < -0.4 is 0 Å². The summed E-state index contributed by atoms with van der Waals surface area (Å²) in [4.78, 5) is 25.6. The molecule has 2 aromatic heterocycles. The van der Waals surface area contributed by atoms with Gasteiger partial charge in [0, 0.05) is 34.6 Å². The number of aromatic nitrogens is 3. The van der Waals surface area contributed by atoms with Crippen LogP contribution in [-0.4, -0.2) is 43.9 Å². The highest BCUT2D eigenvalue weighted by atomic mass is 32.2. The number of para-hydroxylation sites is 2. The minimum absolute atomic E-state index is 0.0758. The Morgan fingerprint density at radius 3 is 2.55 bits per heavy atom. The molecule has 5 nitrogen and oxygen atoms in total. The van der Waals surface area contributed by atoms with Crippen molar-refractivity contribution >= 4 is 40.0 Å². The number of alkyl halides is 3. The van der Waals surface area contributed by atoms with E-state index in [1.165, 1.54) is 0 Å². The maximum absolute atomic E-state index is 13.2. The van der Waals surface area contributed by atoms with Crippen LogP contribution in [0, 0.1) is 6.92 Å². The van der Waals surface area contributed by atoms with E-state index in [-0.39, 0.29) is 40.4 Å². The molecule has 0 N–H and O–H groups in total. The van der Waals surface area contributed by atoms with Crippen molar-refractivity contribution in [3.8, 4) is 10.6 Å². The first-order chi connectivity index (χ1) is 18.9. The minimum Gasteiger partial charge on any atom is -0.341 e. The highest BCUT2D eigenvalue weighted by Gasteiger charge is 2.31. The predicted octanol–water partition coefficient (Wildman–Crippen LogP) is 8.17. The molecule has 3 heterocycles. The number of piperidine rings is 1. The van der Waals surface area contributed by atoms with Gasteiger partial charge in [0.15, 0.2) is 0 Å². The fraction of sp³-hybridized carbons (Fsp3) is 0.433. The van der Waals surface area contributed by atoms with E-state index in [4.69, 9.17) is 0 Å². The number of likely N-dealkylation sites (tertiary alicyclic amines) is 1. The molecule has 1 amide bonds. The lowest BCUT2D eigenvalue weighted by Gasteiger charge is -2.31. The summed E-state index contributed by atoms with van der Waals surface area (Å²) in [5.74, 6) is 1.18. The van der Waals surface area contributed by atoms with Gasteiger partial charge in [-0.3, -0.25) is 4.79 Å². The van der Waals surface area contributed by atoms with E-state index >= 15 is 0 Å². The second kappa shape index (κ2) is 11.2. The molecule has 2 aromatic carbocycles. The van der Waals surface area contributed by atoms with Crippen molar-refractivity contribution in [2.45, 2.75) is 75.2 Å². The predicted molar refractivity (Wildman–Crippen MR) is 156 cm³/mol. The third-order valence-electron chi connectivity index (χ3n) is 7.96. The lowest BCUT2D eigenvalue weighted by Crippen LogP contribution is -2.39. The molecule has 0 aliphatic carbocycles. The van der Waals surface area contributed by atoms with Gasteiger partial charge in [-0.1, -0.05) is 32.9 Å². The Balaban J connectivity index is 1.28. The van der Waals surface area contributed by atoms with Crippen LogP contribution in [0.2, 0.25) is 0 Å². The number of benzene rings is 2. The van der Waals surface area contributed by atoms with Gasteiger partial charge in [0.2, 0.25) is 5.91 Å². The fourth-order valence-corrected chi connectivity index (χ4v) is 6.87. The molecule has 10 heteroatoms. The van der Waals surface area contributed by atoms with Gasteiger partial charge in [0.1, 0.15) is 17.4 Å². The van der Waals surface area contributed by atoms with Gasteiger partial charge in [0.05, 0.1) is 11.0 Å². The quantitative estimate of drug-likeness (QED) is 0.205. The van der Waals surface area contributed by atoms with Gasteiger partial charge in [-0.05, 0) is 85.2 Å². The van der Waals surface area contributed by atoms with Gasteiger partial charge in [0.25, 0.3) is 0 Å². The van der Waals surface area contributed by atoms with Gasteiger partial charge in [-0.15, -0.1) is 11.3 Å². The molecule has 1 fully saturated rings. The van der Waals surface area contributed by atoms with Gasteiger partial charge in [-0.25, -0.2) is 9.97 Å². The number of hydrogen-bond acceptors (Lipinski definition) is 5. The van der Waals surface area contributed by atoms with Crippen molar-refractivity contribution in [1.29, 1.82) is 0 Å². The number of amides is 1. The van der Waals surface area contributed by atoms with Crippen LogP contribution in [-0.2, 0) is 16.8 Å². The van der Waals surface area contributed by atoms with E-state index in [9.17, 15) is 18.0 Å². The highest BCUT2D eigenvalue weighted by Crippen LogP contribution is 2.42. The highest BCUT2D eigenvalue weighted by molar-refractivity contribution is 8.00. The molecule has 0 unspecified atom stereocenters. The molecular formula is C30H33F3N4OS2. The van der Waals surface area contributed by atoms with Gasteiger partial charge >= 0.3 is 5.51 Å².